The van der Waals surface area contributed by atoms with Gasteiger partial charge in [0.1, 0.15) is 0 Å². The number of thioether (sulfide) groups is 1. The van der Waals surface area contributed by atoms with Crippen molar-refractivity contribution in [3.8, 4) is 0 Å². The van der Waals surface area contributed by atoms with Crippen LogP contribution in [0.15, 0.2) is 22.7 Å². The minimum absolute atomic E-state index is 0.148. The highest BCUT2D eigenvalue weighted by Crippen LogP contribution is 2.24. The van der Waals surface area contributed by atoms with E-state index in [-0.39, 0.29) is 11.6 Å². The third-order valence-corrected chi connectivity index (χ3v) is 4.70. The third kappa shape index (κ3) is 3.89. The summed E-state index contributed by atoms with van der Waals surface area (Å²) in [4.78, 5) is 24.9. The van der Waals surface area contributed by atoms with Crippen LogP contribution < -0.4 is 5.32 Å². The first-order valence-corrected chi connectivity index (χ1v) is 8.19. The van der Waals surface area contributed by atoms with Gasteiger partial charge in [0, 0.05) is 23.3 Å². The average Bonchev–Trinajstić information content (AvgIpc) is 2.70. The predicted molar refractivity (Wildman–Crippen MR) is 83.6 cm³/mol. The van der Waals surface area contributed by atoms with E-state index in [2.05, 4.69) is 21.2 Å². The zero-order chi connectivity index (χ0) is 14.5. The summed E-state index contributed by atoms with van der Waals surface area (Å²) in [5.74, 6) is 0.991. The number of halogens is 1. The lowest BCUT2D eigenvalue weighted by Crippen LogP contribution is -2.36. The van der Waals surface area contributed by atoms with E-state index in [9.17, 15) is 9.59 Å². The van der Waals surface area contributed by atoms with Crippen molar-refractivity contribution >= 4 is 45.4 Å². The van der Waals surface area contributed by atoms with E-state index in [1.165, 1.54) is 12.1 Å². The van der Waals surface area contributed by atoms with Crippen LogP contribution >= 0.6 is 27.7 Å². The van der Waals surface area contributed by atoms with E-state index in [0.29, 0.717) is 16.7 Å². The highest BCUT2D eigenvalue weighted by Gasteiger charge is 2.17. The monoisotopic (exact) mass is 358 g/mol. The van der Waals surface area contributed by atoms with Gasteiger partial charge >= 0.3 is 12.0 Å². The lowest BCUT2D eigenvalue weighted by Gasteiger charge is -2.21. The first-order chi connectivity index (χ1) is 9.58. The third-order valence-electron chi connectivity index (χ3n) is 2.96. The van der Waals surface area contributed by atoms with Crippen LogP contribution in [0.25, 0.3) is 0 Å². The van der Waals surface area contributed by atoms with Crippen LogP contribution in [0.1, 0.15) is 16.8 Å². The number of carboxylic acid groups (broad SMARTS) is 1. The topological polar surface area (TPSA) is 69.6 Å². The fraction of sp³-hybridized carbons (Fsp3) is 0.385. The van der Waals surface area contributed by atoms with Crippen molar-refractivity contribution < 1.29 is 14.7 Å². The first kappa shape index (κ1) is 15.2. The van der Waals surface area contributed by atoms with Gasteiger partial charge in [-0.05, 0) is 46.3 Å². The van der Waals surface area contributed by atoms with Gasteiger partial charge in [-0.3, -0.25) is 0 Å². The summed E-state index contributed by atoms with van der Waals surface area (Å²) in [5, 5.41) is 11.7. The van der Waals surface area contributed by atoms with E-state index in [1.54, 1.807) is 11.0 Å². The molecule has 20 heavy (non-hydrogen) atoms. The van der Waals surface area contributed by atoms with Gasteiger partial charge in [-0.25, -0.2) is 9.59 Å². The van der Waals surface area contributed by atoms with Crippen LogP contribution in [-0.2, 0) is 0 Å². The van der Waals surface area contributed by atoms with Crippen LogP contribution in [-0.4, -0.2) is 46.6 Å². The van der Waals surface area contributed by atoms with Crippen LogP contribution in [0.2, 0.25) is 0 Å². The Labute approximate surface area is 129 Å². The highest BCUT2D eigenvalue weighted by molar-refractivity contribution is 9.10. The maximum Gasteiger partial charge on any atom is 0.335 e. The summed E-state index contributed by atoms with van der Waals surface area (Å²) in [6.45, 7) is 1.45. The van der Waals surface area contributed by atoms with Crippen LogP contribution in [0.4, 0.5) is 10.5 Å². The molecule has 0 saturated carbocycles. The number of anilines is 1. The molecule has 1 aliphatic heterocycles. The molecule has 7 heteroatoms. The SMILES string of the molecule is O=C(O)c1ccc(Br)c(NC(=O)N2CCCSCC2)c1. The Morgan fingerprint density at radius 1 is 1.30 bits per heavy atom. The fourth-order valence-corrected chi connectivity index (χ4v) is 3.13. The minimum Gasteiger partial charge on any atom is -0.478 e. The number of carboxylic acids is 1. The number of benzene rings is 1. The van der Waals surface area contributed by atoms with Gasteiger partial charge in [-0.2, -0.15) is 11.8 Å². The quantitative estimate of drug-likeness (QED) is 0.851. The van der Waals surface area contributed by atoms with Crippen LogP contribution in [0.5, 0.6) is 0 Å². The molecule has 2 amide bonds. The Bertz CT molecular complexity index is 516. The molecule has 0 unspecified atom stereocenters. The van der Waals surface area contributed by atoms with E-state index >= 15 is 0 Å². The molecule has 0 atom stereocenters. The molecule has 5 nitrogen and oxygen atoms in total. The first-order valence-electron chi connectivity index (χ1n) is 6.24. The van der Waals surface area contributed by atoms with Gasteiger partial charge in [0.15, 0.2) is 0 Å². The number of nitrogens with one attached hydrogen (secondary N) is 1. The number of rotatable bonds is 2. The second-order valence-electron chi connectivity index (χ2n) is 4.38. The lowest BCUT2D eigenvalue weighted by atomic mass is 10.2. The molecule has 2 rings (SSSR count). The lowest BCUT2D eigenvalue weighted by molar-refractivity contribution is 0.0697. The molecule has 1 aromatic carbocycles. The standard InChI is InChI=1S/C13H15BrN2O3S/c14-10-3-2-9(12(17)18)8-11(10)15-13(19)16-4-1-6-20-7-5-16/h2-3,8H,1,4-7H2,(H,15,19)(H,17,18). The van der Waals surface area contributed by atoms with Gasteiger partial charge in [-0.1, -0.05) is 0 Å². The molecule has 1 aliphatic rings. The maximum absolute atomic E-state index is 12.2. The molecule has 1 fully saturated rings. The Hall–Kier alpha value is -1.21. The Kier molecular flexibility index (Phi) is 5.31. The fourth-order valence-electron chi connectivity index (χ4n) is 1.90. The van der Waals surface area contributed by atoms with Gasteiger partial charge in [0.05, 0.1) is 11.3 Å². The smallest absolute Gasteiger partial charge is 0.335 e. The number of aromatic carboxylic acids is 1. The van der Waals surface area contributed by atoms with Gasteiger partial charge in [-0.15, -0.1) is 0 Å². The molecule has 1 saturated heterocycles. The number of carbonyl (C=O) groups excluding carboxylic acids is 1. The highest BCUT2D eigenvalue weighted by atomic mass is 79.9. The molecule has 1 aromatic rings. The summed E-state index contributed by atoms with van der Waals surface area (Å²) in [7, 11) is 0. The van der Waals surface area contributed by atoms with Crippen molar-refractivity contribution in [2.75, 3.05) is 29.9 Å². The molecule has 0 aromatic heterocycles. The Balaban J connectivity index is 2.10. The molecular weight excluding hydrogens is 344 g/mol. The maximum atomic E-state index is 12.2. The summed E-state index contributed by atoms with van der Waals surface area (Å²) in [6, 6.07) is 4.38. The average molecular weight is 359 g/mol. The number of urea groups is 1. The summed E-state index contributed by atoms with van der Waals surface area (Å²) in [5.41, 5.74) is 0.627. The van der Waals surface area contributed by atoms with Crippen molar-refractivity contribution in [3.63, 3.8) is 0 Å². The van der Waals surface area contributed by atoms with Crippen molar-refractivity contribution in [3.05, 3.63) is 28.2 Å². The largest absolute Gasteiger partial charge is 0.478 e. The van der Waals surface area contributed by atoms with Crippen molar-refractivity contribution in [2.24, 2.45) is 0 Å². The van der Waals surface area contributed by atoms with Crippen LogP contribution in [0.3, 0.4) is 0 Å². The second-order valence-corrected chi connectivity index (χ2v) is 6.46. The number of hydrogen-bond donors (Lipinski definition) is 2. The minimum atomic E-state index is -1.01. The molecule has 108 valence electrons. The van der Waals surface area contributed by atoms with Gasteiger partial charge < -0.3 is 15.3 Å². The Morgan fingerprint density at radius 3 is 2.85 bits per heavy atom. The molecule has 1 heterocycles. The summed E-state index contributed by atoms with van der Waals surface area (Å²) in [6.07, 6.45) is 0.981. The van der Waals surface area contributed by atoms with Crippen molar-refractivity contribution in [1.29, 1.82) is 0 Å². The van der Waals surface area contributed by atoms with Crippen LogP contribution in [0, 0.1) is 0 Å². The molecule has 2 N–H and O–H groups in total. The van der Waals surface area contributed by atoms with Crippen molar-refractivity contribution in [2.45, 2.75) is 6.42 Å². The molecule has 0 spiro atoms. The van der Waals surface area contributed by atoms with E-state index in [1.807, 2.05) is 11.8 Å². The second kappa shape index (κ2) is 6.99. The van der Waals surface area contributed by atoms with E-state index in [0.717, 1.165) is 24.5 Å². The zero-order valence-corrected chi connectivity index (χ0v) is 13.2. The summed E-state index contributed by atoms with van der Waals surface area (Å²) < 4.78 is 0.667. The molecule has 0 aliphatic carbocycles. The Morgan fingerprint density at radius 2 is 2.10 bits per heavy atom. The van der Waals surface area contributed by atoms with E-state index < -0.39 is 5.97 Å². The molecular formula is C13H15BrN2O3S. The number of amides is 2. The van der Waals surface area contributed by atoms with Crippen molar-refractivity contribution in [1.82, 2.24) is 4.90 Å². The number of hydrogen-bond acceptors (Lipinski definition) is 3. The number of carbonyl (C=O) groups is 2. The molecule has 0 bridgehead atoms. The normalized spacial score (nSPS) is 15.6. The number of nitrogens with zero attached hydrogens (tertiary/aromatic N) is 1. The van der Waals surface area contributed by atoms with Gasteiger partial charge in [0.25, 0.3) is 0 Å². The zero-order valence-electron chi connectivity index (χ0n) is 10.8. The van der Waals surface area contributed by atoms with Gasteiger partial charge in [0.2, 0.25) is 0 Å². The molecule has 0 radical (unpaired) electrons. The van der Waals surface area contributed by atoms with E-state index in [4.69, 9.17) is 5.11 Å². The predicted octanol–water partition coefficient (Wildman–Crippen LogP) is 3.12. The summed E-state index contributed by atoms with van der Waals surface area (Å²) >= 11 is 5.16.